The Morgan fingerprint density at radius 2 is 1.88 bits per heavy atom. The third-order valence-corrected chi connectivity index (χ3v) is 5.92. The Morgan fingerprint density at radius 3 is 2.41 bits per heavy atom. The standard InChI is InChI=1S/C22H26O10/c1-4-22(30)14(8-23)32-21(18(26)19(22)27)31-13-7-12(20(28)29)6-11-5-9(2)15(10(3)24)17(25)16(11)13/h5-7,14,18-19,21,23,25-27,30H,4,8H2,1-3H3,(H,28,29)/t14-,18-,19-,21-,22-/m1/s1. The van der Waals surface area contributed by atoms with Crippen molar-refractivity contribution in [1.82, 2.24) is 0 Å². The van der Waals surface area contributed by atoms with Crippen molar-refractivity contribution in [1.29, 1.82) is 0 Å². The summed E-state index contributed by atoms with van der Waals surface area (Å²) in [6.07, 6.45) is -6.49. The summed E-state index contributed by atoms with van der Waals surface area (Å²) >= 11 is 0. The summed E-state index contributed by atoms with van der Waals surface area (Å²) in [5.74, 6) is -2.37. The maximum atomic E-state index is 12.0. The number of rotatable bonds is 6. The third kappa shape index (κ3) is 3.80. The Hall–Kier alpha value is -2.76. The maximum Gasteiger partial charge on any atom is 0.335 e. The molecule has 0 amide bonds. The largest absolute Gasteiger partial charge is 0.506 e. The molecule has 5 atom stereocenters. The second-order valence-corrected chi connectivity index (χ2v) is 7.92. The number of benzene rings is 2. The lowest BCUT2D eigenvalue weighted by Crippen LogP contribution is -2.67. The van der Waals surface area contributed by atoms with Crippen LogP contribution in [0.1, 0.15) is 46.5 Å². The molecule has 1 aliphatic rings. The van der Waals surface area contributed by atoms with Crippen molar-refractivity contribution in [3.05, 3.63) is 34.9 Å². The number of aromatic hydroxyl groups is 1. The normalized spacial score (nSPS) is 28.0. The second kappa shape index (κ2) is 8.64. The number of phenolic OH excluding ortho intramolecular Hbond substituents is 1. The Bertz CT molecular complexity index is 1060. The summed E-state index contributed by atoms with van der Waals surface area (Å²) in [5, 5.41) is 61.7. The first-order valence-corrected chi connectivity index (χ1v) is 10.0. The molecular weight excluding hydrogens is 424 g/mol. The molecule has 32 heavy (non-hydrogen) atoms. The number of carbonyl (C=O) groups excluding carboxylic acids is 1. The van der Waals surface area contributed by atoms with E-state index in [2.05, 4.69) is 0 Å². The molecule has 0 bridgehead atoms. The Labute approximate surface area is 183 Å². The summed E-state index contributed by atoms with van der Waals surface area (Å²) in [6, 6.07) is 3.89. The fourth-order valence-electron chi connectivity index (χ4n) is 4.14. The monoisotopic (exact) mass is 450 g/mol. The smallest absolute Gasteiger partial charge is 0.335 e. The van der Waals surface area contributed by atoms with Crippen LogP contribution in [0.25, 0.3) is 10.8 Å². The summed E-state index contributed by atoms with van der Waals surface area (Å²) in [5.41, 5.74) is -1.70. The highest BCUT2D eigenvalue weighted by molar-refractivity contribution is 6.08. The molecule has 1 heterocycles. The molecule has 0 spiro atoms. The number of aliphatic hydroxyl groups is 4. The zero-order valence-electron chi connectivity index (χ0n) is 17.8. The quantitative estimate of drug-likeness (QED) is 0.344. The van der Waals surface area contributed by atoms with Crippen molar-refractivity contribution in [2.75, 3.05) is 6.61 Å². The average molecular weight is 450 g/mol. The van der Waals surface area contributed by atoms with Crippen LogP contribution in [0.2, 0.25) is 0 Å². The fraction of sp³-hybridized carbons (Fsp3) is 0.455. The van der Waals surface area contributed by atoms with Gasteiger partial charge in [0.15, 0.2) is 5.78 Å². The molecule has 2 aromatic rings. The van der Waals surface area contributed by atoms with Crippen LogP contribution in [-0.4, -0.2) is 79.2 Å². The minimum Gasteiger partial charge on any atom is -0.506 e. The van der Waals surface area contributed by atoms with E-state index in [1.807, 2.05) is 0 Å². The van der Waals surface area contributed by atoms with Crippen LogP contribution in [0.5, 0.6) is 11.5 Å². The molecular formula is C22H26O10. The predicted octanol–water partition coefficient (Wildman–Crippen LogP) is 0.714. The molecule has 10 heteroatoms. The summed E-state index contributed by atoms with van der Waals surface area (Å²) < 4.78 is 11.2. The van der Waals surface area contributed by atoms with Crippen LogP contribution in [0.3, 0.4) is 0 Å². The van der Waals surface area contributed by atoms with E-state index in [-0.39, 0.29) is 34.1 Å². The van der Waals surface area contributed by atoms with Gasteiger partial charge in [-0.05, 0) is 43.4 Å². The Balaban J connectivity index is 2.16. The zero-order chi connectivity index (χ0) is 24.0. The van der Waals surface area contributed by atoms with Crippen LogP contribution in [0, 0.1) is 6.92 Å². The number of ketones is 1. The number of carboxylic acid groups (broad SMARTS) is 1. The molecule has 1 saturated heterocycles. The van der Waals surface area contributed by atoms with Gasteiger partial charge in [-0.3, -0.25) is 4.79 Å². The lowest BCUT2D eigenvalue weighted by Gasteiger charge is -2.47. The van der Waals surface area contributed by atoms with Gasteiger partial charge >= 0.3 is 5.97 Å². The first kappa shape index (κ1) is 23.9. The van der Waals surface area contributed by atoms with Crippen molar-refractivity contribution < 1.29 is 49.7 Å². The average Bonchev–Trinajstić information content (AvgIpc) is 2.73. The van der Waals surface area contributed by atoms with Crippen LogP contribution >= 0.6 is 0 Å². The van der Waals surface area contributed by atoms with E-state index in [4.69, 9.17) is 9.47 Å². The maximum absolute atomic E-state index is 12.0. The van der Waals surface area contributed by atoms with Crippen molar-refractivity contribution >= 4 is 22.5 Å². The number of fused-ring (bicyclic) bond motifs is 1. The topological polar surface area (TPSA) is 174 Å². The van der Waals surface area contributed by atoms with Crippen molar-refractivity contribution in [3.63, 3.8) is 0 Å². The molecule has 3 rings (SSSR count). The van der Waals surface area contributed by atoms with Gasteiger partial charge in [0.05, 0.1) is 23.1 Å². The van der Waals surface area contributed by atoms with Gasteiger partial charge in [-0.1, -0.05) is 13.0 Å². The number of carboxylic acids is 1. The Kier molecular flexibility index (Phi) is 6.45. The molecule has 1 aliphatic heterocycles. The van der Waals surface area contributed by atoms with Crippen LogP contribution < -0.4 is 4.74 Å². The van der Waals surface area contributed by atoms with Crippen LogP contribution in [0.15, 0.2) is 18.2 Å². The number of carbonyl (C=O) groups is 2. The minimum atomic E-state index is -1.94. The number of aromatic carboxylic acids is 1. The highest BCUT2D eigenvalue weighted by Gasteiger charge is 2.54. The van der Waals surface area contributed by atoms with Gasteiger partial charge in [0.2, 0.25) is 6.29 Å². The number of aliphatic hydroxyl groups excluding tert-OH is 3. The summed E-state index contributed by atoms with van der Waals surface area (Å²) in [6.45, 7) is 3.70. The van der Waals surface area contributed by atoms with E-state index in [0.29, 0.717) is 5.56 Å². The number of Topliss-reactive ketones (excluding diaryl/α,β-unsaturated/α-hetero) is 1. The SMILES string of the molecule is CC[C@]1(O)[C@H](O)[C@@H](O)[C@H](Oc2cc(C(=O)O)cc3cc(C)c(C(C)=O)c(O)c23)O[C@@H]1CO. The minimum absolute atomic E-state index is 0.00737. The summed E-state index contributed by atoms with van der Waals surface area (Å²) in [4.78, 5) is 23.7. The van der Waals surface area contributed by atoms with E-state index in [9.17, 15) is 40.2 Å². The highest BCUT2D eigenvalue weighted by atomic mass is 16.7. The number of hydrogen-bond acceptors (Lipinski definition) is 9. The molecule has 0 unspecified atom stereocenters. The van der Waals surface area contributed by atoms with Crippen LogP contribution in [0.4, 0.5) is 0 Å². The van der Waals surface area contributed by atoms with Gasteiger partial charge in [0.1, 0.15) is 35.4 Å². The highest BCUT2D eigenvalue weighted by Crippen LogP contribution is 2.41. The molecule has 2 aromatic carbocycles. The van der Waals surface area contributed by atoms with Gasteiger partial charge in [-0.2, -0.15) is 0 Å². The zero-order valence-corrected chi connectivity index (χ0v) is 17.8. The molecule has 0 saturated carbocycles. The predicted molar refractivity (Wildman–Crippen MR) is 111 cm³/mol. The first-order chi connectivity index (χ1) is 15.0. The van der Waals surface area contributed by atoms with E-state index < -0.39 is 54.3 Å². The van der Waals surface area contributed by atoms with Gasteiger partial charge in [0, 0.05) is 0 Å². The van der Waals surface area contributed by atoms with E-state index >= 15 is 0 Å². The lowest BCUT2D eigenvalue weighted by atomic mass is 9.82. The van der Waals surface area contributed by atoms with E-state index in [0.717, 1.165) is 6.07 Å². The second-order valence-electron chi connectivity index (χ2n) is 7.92. The van der Waals surface area contributed by atoms with E-state index in [1.165, 1.54) is 26.0 Å². The molecule has 0 aliphatic carbocycles. The molecule has 1 fully saturated rings. The third-order valence-electron chi connectivity index (χ3n) is 5.92. The Morgan fingerprint density at radius 1 is 1.22 bits per heavy atom. The molecule has 10 nitrogen and oxygen atoms in total. The number of hydrogen-bond donors (Lipinski definition) is 6. The van der Waals surface area contributed by atoms with Gasteiger partial charge < -0.3 is 40.1 Å². The van der Waals surface area contributed by atoms with Gasteiger partial charge in [-0.25, -0.2) is 4.79 Å². The lowest BCUT2D eigenvalue weighted by molar-refractivity contribution is -0.313. The molecule has 6 N–H and O–H groups in total. The van der Waals surface area contributed by atoms with Gasteiger partial charge in [-0.15, -0.1) is 0 Å². The van der Waals surface area contributed by atoms with E-state index in [1.54, 1.807) is 6.92 Å². The molecule has 174 valence electrons. The summed E-state index contributed by atoms with van der Waals surface area (Å²) in [7, 11) is 0. The number of ether oxygens (including phenoxy) is 2. The van der Waals surface area contributed by atoms with Crippen molar-refractivity contribution in [2.24, 2.45) is 0 Å². The number of phenols is 1. The fourth-order valence-corrected chi connectivity index (χ4v) is 4.14. The number of aryl methyl sites for hydroxylation is 1. The van der Waals surface area contributed by atoms with Crippen molar-refractivity contribution in [3.8, 4) is 11.5 Å². The molecule has 0 aromatic heterocycles. The van der Waals surface area contributed by atoms with Gasteiger partial charge in [0.25, 0.3) is 0 Å². The first-order valence-electron chi connectivity index (χ1n) is 10.0. The molecule has 0 radical (unpaired) electrons. The van der Waals surface area contributed by atoms with Crippen molar-refractivity contribution in [2.45, 2.75) is 57.4 Å². The van der Waals surface area contributed by atoms with Crippen LogP contribution in [-0.2, 0) is 4.74 Å².